The Bertz CT molecular complexity index is 638. The molecule has 2 aromatic carbocycles. The number of hydrogen-bond donors (Lipinski definition) is 3. The number of aromatic carboxylic acids is 1. The van der Waals surface area contributed by atoms with E-state index in [-0.39, 0.29) is 11.1 Å². The van der Waals surface area contributed by atoms with Crippen molar-refractivity contribution < 1.29 is 14.7 Å². The molecule has 0 aliphatic rings. The van der Waals surface area contributed by atoms with Crippen LogP contribution in [0.5, 0.6) is 0 Å². The minimum atomic E-state index is -1.14. The third-order valence-electron chi connectivity index (χ3n) is 2.55. The van der Waals surface area contributed by atoms with E-state index in [9.17, 15) is 9.59 Å². The van der Waals surface area contributed by atoms with Crippen molar-refractivity contribution in [3.63, 3.8) is 0 Å². The molecule has 0 radical (unpaired) electrons. The molecule has 0 aliphatic heterocycles. The number of carbonyl (C=O) groups excluding carboxylic acids is 1. The van der Waals surface area contributed by atoms with E-state index >= 15 is 0 Å². The van der Waals surface area contributed by atoms with Gasteiger partial charge >= 0.3 is 5.97 Å². The molecule has 0 atom stereocenters. The SMILES string of the molecule is Nc1cccc(NC(=O)c2ccccc2C(=O)O)c1. The van der Waals surface area contributed by atoms with E-state index in [1.807, 2.05) is 0 Å². The van der Waals surface area contributed by atoms with Gasteiger partial charge in [0.25, 0.3) is 5.91 Å². The molecular formula is C14H12N2O3. The Balaban J connectivity index is 2.28. The summed E-state index contributed by atoms with van der Waals surface area (Å²) in [5.74, 6) is -1.62. The van der Waals surface area contributed by atoms with E-state index in [0.717, 1.165) is 0 Å². The number of benzene rings is 2. The molecule has 0 saturated heterocycles. The second-order valence-corrected chi connectivity index (χ2v) is 3.93. The first-order valence-electron chi connectivity index (χ1n) is 5.57. The molecule has 0 heterocycles. The highest BCUT2D eigenvalue weighted by Crippen LogP contribution is 2.15. The molecule has 0 saturated carbocycles. The number of nitrogens with two attached hydrogens (primary N) is 1. The van der Waals surface area contributed by atoms with Crippen molar-refractivity contribution in [2.45, 2.75) is 0 Å². The fraction of sp³-hybridized carbons (Fsp3) is 0. The van der Waals surface area contributed by atoms with Gasteiger partial charge in [-0.05, 0) is 30.3 Å². The number of nitrogens with one attached hydrogen (secondary N) is 1. The first-order chi connectivity index (χ1) is 9.08. The van der Waals surface area contributed by atoms with Gasteiger partial charge in [0.15, 0.2) is 0 Å². The summed E-state index contributed by atoms with van der Waals surface area (Å²) in [5.41, 5.74) is 6.71. The average Bonchev–Trinajstić information content (AvgIpc) is 2.38. The number of nitrogen functional groups attached to an aromatic ring is 1. The highest BCUT2D eigenvalue weighted by molar-refractivity contribution is 6.10. The molecule has 5 nitrogen and oxygen atoms in total. The van der Waals surface area contributed by atoms with Crippen LogP contribution in [0.25, 0.3) is 0 Å². The van der Waals surface area contributed by atoms with Crippen molar-refractivity contribution >= 4 is 23.3 Å². The van der Waals surface area contributed by atoms with Gasteiger partial charge < -0.3 is 16.2 Å². The molecule has 0 bridgehead atoms. The molecule has 0 aliphatic carbocycles. The zero-order valence-corrected chi connectivity index (χ0v) is 9.96. The van der Waals surface area contributed by atoms with Gasteiger partial charge in [0.2, 0.25) is 0 Å². The Morgan fingerprint density at radius 3 is 2.32 bits per heavy atom. The summed E-state index contributed by atoms with van der Waals surface area (Å²) in [6.07, 6.45) is 0. The molecule has 0 spiro atoms. The van der Waals surface area contributed by atoms with Crippen LogP contribution < -0.4 is 11.1 Å². The lowest BCUT2D eigenvalue weighted by Gasteiger charge is -2.08. The minimum Gasteiger partial charge on any atom is -0.478 e. The molecule has 1 amide bonds. The maximum absolute atomic E-state index is 12.0. The smallest absolute Gasteiger partial charge is 0.336 e. The van der Waals surface area contributed by atoms with Crippen LogP contribution in [0.1, 0.15) is 20.7 Å². The van der Waals surface area contributed by atoms with Crippen molar-refractivity contribution in [1.82, 2.24) is 0 Å². The third kappa shape index (κ3) is 2.90. The first-order valence-corrected chi connectivity index (χ1v) is 5.57. The van der Waals surface area contributed by atoms with E-state index in [0.29, 0.717) is 11.4 Å². The number of amides is 1. The van der Waals surface area contributed by atoms with Crippen LogP contribution in [-0.2, 0) is 0 Å². The summed E-state index contributed by atoms with van der Waals surface area (Å²) in [4.78, 5) is 23.1. The number of rotatable bonds is 3. The van der Waals surface area contributed by atoms with Gasteiger partial charge in [0, 0.05) is 11.4 Å². The van der Waals surface area contributed by atoms with Crippen LogP contribution in [0.15, 0.2) is 48.5 Å². The summed E-state index contributed by atoms with van der Waals surface area (Å²) in [5, 5.41) is 11.6. The highest BCUT2D eigenvalue weighted by Gasteiger charge is 2.15. The fourth-order valence-electron chi connectivity index (χ4n) is 1.68. The summed E-state index contributed by atoms with van der Waals surface area (Å²) >= 11 is 0. The quantitative estimate of drug-likeness (QED) is 0.734. The fourth-order valence-corrected chi connectivity index (χ4v) is 1.68. The van der Waals surface area contributed by atoms with Crippen molar-refractivity contribution in [2.75, 3.05) is 11.1 Å². The molecule has 96 valence electrons. The normalized spacial score (nSPS) is 9.89. The third-order valence-corrected chi connectivity index (χ3v) is 2.55. The van der Waals surface area contributed by atoms with Gasteiger partial charge in [-0.15, -0.1) is 0 Å². The Kier molecular flexibility index (Phi) is 3.47. The number of anilines is 2. The Hall–Kier alpha value is -2.82. The van der Waals surface area contributed by atoms with Crippen LogP contribution in [0.3, 0.4) is 0 Å². The highest BCUT2D eigenvalue weighted by atomic mass is 16.4. The van der Waals surface area contributed by atoms with Crippen molar-refractivity contribution in [3.05, 3.63) is 59.7 Å². The Morgan fingerprint density at radius 1 is 1.00 bits per heavy atom. The number of carbonyl (C=O) groups is 2. The molecule has 5 heteroatoms. The van der Waals surface area contributed by atoms with Crippen molar-refractivity contribution in [3.8, 4) is 0 Å². The van der Waals surface area contributed by atoms with Gasteiger partial charge in [-0.3, -0.25) is 4.79 Å². The Labute approximate surface area is 109 Å². The van der Waals surface area contributed by atoms with Gasteiger partial charge in [-0.25, -0.2) is 4.79 Å². The standard InChI is InChI=1S/C14H12N2O3/c15-9-4-3-5-10(8-9)16-13(17)11-6-1-2-7-12(11)14(18)19/h1-8H,15H2,(H,16,17)(H,18,19). The minimum absolute atomic E-state index is 0.0381. The summed E-state index contributed by atoms with van der Waals surface area (Å²) in [6.45, 7) is 0. The van der Waals surface area contributed by atoms with Crippen LogP contribution in [0, 0.1) is 0 Å². The van der Waals surface area contributed by atoms with E-state index in [1.165, 1.54) is 12.1 Å². The summed E-state index contributed by atoms with van der Waals surface area (Å²) in [7, 11) is 0. The van der Waals surface area contributed by atoms with E-state index in [2.05, 4.69) is 5.32 Å². The number of hydrogen-bond acceptors (Lipinski definition) is 3. The van der Waals surface area contributed by atoms with E-state index in [1.54, 1.807) is 36.4 Å². The number of carboxylic acid groups (broad SMARTS) is 1. The molecule has 2 aromatic rings. The topological polar surface area (TPSA) is 92.4 Å². The zero-order valence-electron chi connectivity index (χ0n) is 9.96. The molecule has 19 heavy (non-hydrogen) atoms. The molecule has 4 N–H and O–H groups in total. The summed E-state index contributed by atoms with van der Waals surface area (Å²) < 4.78 is 0. The molecule has 2 rings (SSSR count). The molecule has 0 unspecified atom stereocenters. The van der Waals surface area contributed by atoms with Crippen molar-refractivity contribution in [1.29, 1.82) is 0 Å². The monoisotopic (exact) mass is 256 g/mol. The van der Waals surface area contributed by atoms with Gasteiger partial charge in [-0.2, -0.15) is 0 Å². The average molecular weight is 256 g/mol. The lowest BCUT2D eigenvalue weighted by molar-refractivity contribution is 0.0692. The van der Waals surface area contributed by atoms with Gasteiger partial charge in [-0.1, -0.05) is 18.2 Å². The second-order valence-electron chi connectivity index (χ2n) is 3.93. The molecule has 0 aromatic heterocycles. The second kappa shape index (κ2) is 5.22. The lowest BCUT2D eigenvalue weighted by Crippen LogP contribution is -2.16. The lowest BCUT2D eigenvalue weighted by atomic mass is 10.1. The van der Waals surface area contributed by atoms with Crippen LogP contribution in [0.2, 0.25) is 0 Å². The van der Waals surface area contributed by atoms with Crippen LogP contribution in [0.4, 0.5) is 11.4 Å². The maximum Gasteiger partial charge on any atom is 0.336 e. The summed E-state index contributed by atoms with van der Waals surface area (Å²) in [6, 6.07) is 12.7. The largest absolute Gasteiger partial charge is 0.478 e. The predicted molar refractivity (Wildman–Crippen MR) is 72.2 cm³/mol. The van der Waals surface area contributed by atoms with Gasteiger partial charge in [0.1, 0.15) is 0 Å². The van der Waals surface area contributed by atoms with E-state index < -0.39 is 11.9 Å². The van der Waals surface area contributed by atoms with Crippen LogP contribution >= 0.6 is 0 Å². The Morgan fingerprint density at radius 2 is 1.68 bits per heavy atom. The van der Waals surface area contributed by atoms with E-state index in [4.69, 9.17) is 10.8 Å². The van der Waals surface area contributed by atoms with Gasteiger partial charge in [0.05, 0.1) is 11.1 Å². The number of carboxylic acids is 1. The predicted octanol–water partition coefficient (Wildman–Crippen LogP) is 2.22. The maximum atomic E-state index is 12.0. The molecular weight excluding hydrogens is 244 g/mol. The van der Waals surface area contributed by atoms with Crippen molar-refractivity contribution in [2.24, 2.45) is 0 Å². The molecule has 0 fully saturated rings. The zero-order chi connectivity index (χ0) is 13.8. The first kappa shape index (κ1) is 12.6. The van der Waals surface area contributed by atoms with Crippen LogP contribution in [-0.4, -0.2) is 17.0 Å².